The number of ether oxygens (including phenoxy) is 1. The number of carbonyl (C=O) groups excluding carboxylic acids is 1. The van der Waals surface area contributed by atoms with E-state index in [4.69, 9.17) is 4.74 Å². The molecule has 0 aliphatic carbocycles. The van der Waals surface area contributed by atoms with Crippen molar-refractivity contribution in [3.63, 3.8) is 0 Å². The zero-order valence-corrected chi connectivity index (χ0v) is 15.3. The van der Waals surface area contributed by atoms with Gasteiger partial charge in [-0.1, -0.05) is 30.3 Å². The van der Waals surface area contributed by atoms with E-state index in [1.54, 1.807) is 12.3 Å². The fourth-order valence-electron chi connectivity index (χ4n) is 3.04. The first-order chi connectivity index (χ1) is 13.8. The highest BCUT2D eigenvalue weighted by molar-refractivity contribution is 6.04. The molecule has 1 aromatic heterocycles. The van der Waals surface area contributed by atoms with Gasteiger partial charge in [0.05, 0.1) is 24.6 Å². The van der Waals surface area contributed by atoms with Crippen LogP contribution in [0.5, 0.6) is 0 Å². The third-order valence-corrected chi connectivity index (χ3v) is 4.42. The maximum absolute atomic E-state index is 12.8. The van der Waals surface area contributed by atoms with E-state index in [9.17, 15) is 4.79 Å². The van der Waals surface area contributed by atoms with E-state index < -0.39 is 0 Å². The predicted molar refractivity (Wildman–Crippen MR) is 109 cm³/mol. The van der Waals surface area contributed by atoms with Crippen molar-refractivity contribution >= 4 is 28.9 Å². The van der Waals surface area contributed by atoms with E-state index in [0.29, 0.717) is 24.9 Å². The van der Waals surface area contributed by atoms with Crippen LogP contribution < -0.4 is 15.5 Å². The summed E-state index contributed by atoms with van der Waals surface area (Å²) < 4.78 is 5.42. The Bertz CT molecular complexity index is 942. The van der Waals surface area contributed by atoms with Crippen LogP contribution in [-0.4, -0.2) is 42.2 Å². The van der Waals surface area contributed by atoms with Gasteiger partial charge in [-0.05, 0) is 30.3 Å². The molecule has 0 saturated carbocycles. The number of hydrogen-bond donors (Lipinski definition) is 2. The predicted octanol–water partition coefficient (Wildman–Crippen LogP) is 3.31. The molecule has 0 atom stereocenters. The molecule has 2 N–H and O–H groups in total. The number of nitrogens with one attached hydrogen (secondary N) is 2. The average molecular weight is 375 g/mol. The van der Waals surface area contributed by atoms with Crippen molar-refractivity contribution in [1.82, 2.24) is 9.97 Å². The van der Waals surface area contributed by atoms with Gasteiger partial charge in [0.15, 0.2) is 0 Å². The molecular weight excluding hydrogens is 354 g/mol. The molecule has 1 saturated heterocycles. The normalized spacial score (nSPS) is 13.8. The summed E-state index contributed by atoms with van der Waals surface area (Å²) in [6.45, 7) is 2.96. The van der Waals surface area contributed by atoms with E-state index in [-0.39, 0.29) is 5.91 Å². The molecule has 1 aliphatic heterocycles. The van der Waals surface area contributed by atoms with E-state index >= 15 is 0 Å². The Balaban J connectivity index is 1.51. The van der Waals surface area contributed by atoms with Gasteiger partial charge in [0.1, 0.15) is 5.69 Å². The van der Waals surface area contributed by atoms with Gasteiger partial charge in [0.25, 0.3) is 5.91 Å². The molecule has 7 heteroatoms. The van der Waals surface area contributed by atoms with Crippen LogP contribution in [0, 0.1) is 0 Å². The van der Waals surface area contributed by atoms with Crippen LogP contribution >= 0.6 is 0 Å². The Morgan fingerprint density at radius 1 is 0.964 bits per heavy atom. The minimum Gasteiger partial charge on any atom is -0.378 e. The topological polar surface area (TPSA) is 79.4 Å². The van der Waals surface area contributed by atoms with Crippen LogP contribution in [0.4, 0.5) is 23.0 Å². The Morgan fingerprint density at radius 2 is 1.71 bits per heavy atom. The zero-order valence-electron chi connectivity index (χ0n) is 15.3. The maximum atomic E-state index is 12.8. The van der Waals surface area contributed by atoms with Crippen molar-refractivity contribution in [2.24, 2.45) is 0 Å². The maximum Gasteiger partial charge on any atom is 0.274 e. The monoisotopic (exact) mass is 375 g/mol. The van der Waals surface area contributed by atoms with E-state index in [0.717, 1.165) is 30.2 Å². The number of nitrogens with zero attached hydrogens (tertiary/aromatic N) is 3. The number of aromatic nitrogens is 2. The van der Waals surface area contributed by atoms with Crippen molar-refractivity contribution in [1.29, 1.82) is 0 Å². The highest BCUT2D eigenvalue weighted by Crippen LogP contribution is 2.26. The molecule has 2 aromatic carbocycles. The van der Waals surface area contributed by atoms with Crippen LogP contribution in [-0.2, 0) is 4.74 Å². The standard InChI is InChI=1S/C21H21N5O2/c27-20(18-10-11-22-21(25-18)23-16-6-2-1-3-7-16)24-17-8-4-5-9-19(17)26-12-14-28-15-13-26/h1-11H,12-15H2,(H,24,27)(H,22,23,25). The molecule has 0 radical (unpaired) electrons. The number of carbonyl (C=O) groups is 1. The summed E-state index contributed by atoms with van der Waals surface area (Å²) in [5.74, 6) is 0.0968. The lowest BCUT2D eigenvalue weighted by atomic mass is 10.2. The van der Waals surface area contributed by atoms with Crippen LogP contribution in [0.25, 0.3) is 0 Å². The smallest absolute Gasteiger partial charge is 0.274 e. The van der Waals surface area contributed by atoms with Gasteiger partial charge in [-0.3, -0.25) is 4.79 Å². The third-order valence-electron chi connectivity index (χ3n) is 4.42. The highest BCUT2D eigenvalue weighted by atomic mass is 16.5. The van der Waals surface area contributed by atoms with Gasteiger partial charge in [-0.2, -0.15) is 0 Å². The summed E-state index contributed by atoms with van der Waals surface area (Å²) in [4.78, 5) is 23.5. The summed E-state index contributed by atoms with van der Waals surface area (Å²) in [6, 6.07) is 19.0. The summed E-state index contributed by atoms with van der Waals surface area (Å²) in [7, 11) is 0. The number of anilines is 4. The SMILES string of the molecule is O=C(Nc1ccccc1N1CCOCC1)c1ccnc(Nc2ccccc2)n1. The van der Waals surface area contributed by atoms with E-state index in [2.05, 4.69) is 25.5 Å². The second-order valence-corrected chi connectivity index (χ2v) is 6.33. The first-order valence-electron chi connectivity index (χ1n) is 9.18. The van der Waals surface area contributed by atoms with Crippen LogP contribution in [0.1, 0.15) is 10.5 Å². The van der Waals surface area contributed by atoms with Gasteiger partial charge < -0.3 is 20.3 Å². The van der Waals surface area contributed by atoms with Crippen molar-refractivity contribution in [2.75, 3.05) is 41.8 Å². The number of para-hydroxylation sites is 3. The summed E-state index contributed by atoms with van der Waals surface area (Å²) in [5.41, 5.74) is 2.89. The van der Waals surface area contributed by atoms with Gasteiger partial charge in [0.2, 0.25) is 5.95 Å². The number of morpholine rings is 1. The Labute approximate surface area is 163 Å². The fourth-order valence-corrected chi connectivity index (χ4v) is 3.04. The zero-order chi connectivity index (χ0) is 19.2. The molecule has 0 unspecified atom stereocenters. The molecule has 2 heterocycles. The Hall–Kier alpha value is -3.45. The molecule has 1 fully saturated rings. The second-order valence-electron chi connectivity index (χ2n) is 6.33. The largest absolute Gasteiger partial charge is 0.378 e. The lowest BCUT2D eigenvalue weighted by Gasteiger charge is -2.30. The number of hydrogen-bond acceptors (Lipinski definition) is 6. The van der Waals surface area contributed by atoms with Gasteiger partial charge in [0, 0.05) is 25.0 Å². The quantitative estimate of drug-likeness (QED) is 0.712. The number of rotatable bonds is 5. The molecule has 1 aliphatic rings. The second kappa shape index (κ2) is 8.49. The first kappa shape index (κ1) is 17.9. The van der Waals surface area contributed by atoms with Crippen LogP contribution in [0.2, 0.25) is 0 Å². The third kappa shape index (κ3) is 4.27. The van der Waals surface area contributed by atoms with Crippen molar-refractivity contribution < 1.29 is 9.53 Å². The summed E-state index contributed by atoms with van der Waals surface area (Å²) >= 11 is 0. The Kier molecular flexibility index (Phi) is 5.44. The van der Waals surface area contributed by atoms with Crippen molar-refractivity contribution in [2.45, 2.75) is 0 Å². The number of amides is 1. The molecule has 7 nitrogen and oxygen atoms in total. The lowest BCUT2D eigenvalue weighted by molar-refractivity contribution is 0.102. The van der Waals surface area contributed by atoms with Crippen LogP contribution in [0.3, 0.4) is 0 Å². The van der Waals surface area contributed by atoms with Crippen LogP contribution in [0.15, 0.2) is 66.9 Å². The van der Waals surface area contributed by atoms with Crippen molar-refractivity contribution in [3.05, 3.63) is 72.6 Å². The molecule has 1 amide bonds. The highest BCUT2D eigenvalue weighted by Gasteiger charge is 2.17. The minimum atomic E-state index is -0.278. The molecule has 0 bridgehead atoms. The first-order valence-corrected chi connectivity index (χ1v) is 9.18. The molecule has 4 rings (SSSR count). The fraction of sp³-hybridized carbons (Fsp3) is 0.190. The lowest BCUT2D eigenvalue weighted by Crippen LogP contribution is -2.36. The van der Waals surface area contributed by atoms with Gasteiger partial charge in [-0.15, -0.1) is 0 Å². The van der Waals surface area contributed by atoms with Crippen molar-refractivity contribution in [3.8, 4) is 0 Å². The van der Waals surface area contributed by atoms with Gasteiger partial charge in [-0.25, -0.2) is 9.97 Å². The van der Waals surface area contributed by atoms with Gasteiger partial charge >= 0.3 is 0 Å². The minimum absolute atomic E-state index is 0.278. The summed E-state index contributed by atoms with van der Waals surface area (Å²) in [5, 5.41) is 6.08. The Morgan fingerprint density at radius 3 is 2.54 bits per heavy atom. The molecule has 0 spiro atoms. The summed E-state index contributed by atoms with van der Waals surface area (Å²) in [6.07, 6.45) is 1.57. The number of benzene rings is 2. The van der Waals surface area contributed by atoms with E-state index in [1.807, 2.05) is 54.6 Å². The molecule has 3 aromatic rings. The molecular formula is C21H21N5O2. The molecule has 28 heavy (non-hydrogen) atoms. The molecule has 142 valence electrons. The van der Waals surface area contributed by atoms with E-state index in [1.165, 1.54) is 0 Å². The average Bonchev–Trinajstić information content (AvgIpc) is 2.76.